The van der Waals surface area contributed by atoms with E-state index in [4.69, 9.17) is 14.2 Å². The zero-order chi connectivity index (χ0) is 28.7. The minimum Gasteiger partial charge on any atom is -0.473 e. The molecule has 0 N–H and O–H groups in total. The highest BCUT2D eigenvalue weighted by atomic mass is 19.4. The molecular formula is C34H31F3N2O3. The van der Waals surface area contributed by atoms with Crippen molar-refractivity contribution >= 4 is 28.2 Å². The van der Waals surface area contributed by atoms with Crippen LogP contribution in [-0.4, -0.2) is 52.6 Å². The number of nitrogens with zero attached hydrogens (tertiary/aromatic N) is 2. The first-order chi connectivity index (χ1) is 20.4. The Morgan fingerprint density at radius 1 is 0.667 bits per heavy atom. The van der Waals surface area contributed by atoms with E-state index in [9.17, 15) is 13.2 Å². The summed E-state index contributed by atoms with van der Waals surface area (Å²) in [7, 11) is 0. The zero-order valence-corrected chi connectivity index (χ0v) is 23.1. The smallest absolute Gasteiger partial charge is 0.416 e. The number of fused-ring (bicyclic) bond motifs is 3. The van der Waals surface area contributed by atoms with Crippen molar-refractivity contribution in [1.29, 1.82) is 0 Å². The van der Waals surface area contributed by atoms with Crippen molar-refractivity contribution in [2.24, 2.45) is 0 Å². The van der Waals surface area contributed by atoms with E-state index in [2.05, 4.69) is 46.2 Å². The molecule has 2 saturated heterocycles. The van der Waals surface area contributed by atoms with Crippen molar-refractivity contribution in [2.45, 2.75) is 11.8 Å². The van der Waals surface area contributed by atoms with Gasteiger partial charge in [-0.25, -0.2) is 0 Å². The average Bonchev–Trinajstić information content (AvgIpc) is 3.04. The van der Waals surface area contributed by atoms with Gasteiger partial charge in [-0.3, -0.25) is 0 Å². The molecule has 4 aromatic rings. The fraction of sp³-hybridized carbons (Fsp3) is 0.294. The Morgan fingerprint density at radius 3 is 1.86 bits per heavy atom. The van der Waals surface area contributed by atoms with Gasteiger partial charge in [0.15, 0.2) is 5.60 Å². The molecule has 0 aliphatic carbocycles. The van der Waals surface area contributed by atoms with Crippen LogP contribution in [0, 0.1) is 0 Å². The highest BCUT2D eigenvalue weighted by Gasteiger charge is 2.39. The molecule has 0 bridgehead atoms. The molecule has 3 aliphatic heterocycles. The molecule has 5 nitrogen and oxygen atoms in total. The summed E-state index contributed by atoms with van der Waals surface area (Å²) in [4.78, 5) is 4.58. The van der Waals surface area contributed by atoms with Crippen molar-refractivity contribution in [3.63, 3.8) is 0 Å². The first kappa shape index (κ1) is 26.9. The quantitative estimate of drug-likeness (QED) is 0.266. The molecule has 8 heteroatoms. The van der Waals surface area contributed by atoms with Gasteiger partial charge in [-0.15, -0.1) is 0 Å². The third-order valence-corrected chi connectivity index (χ3v) is 8.45. The normalized spacial score (nSPS) is 20.8. The molecule has 0 saturated carbocycles. The highest BCUT2D eigenvalue weighted by Crippen LogP contribution is 2.47. The lowest BCUT2D eigenvalue weighted by molar-refractivity contribution is -0.137. The Labute approximate surface area is 242 Å². The van der Waals surface area contributed by atoms with Gasteiger partial charge in [0.25, 0.3) is 0 Å². The van der Waals surface area contributed by atoms with Crippen LogP contribution in [-0.2, 0) is 21.3 Å². The van der Waals surface area contributed by atoms with Crippen molar-refractivity contribution in [2.75, 3.05) is 62.4 Å². The van der Waals surface area contributed by atoms with Crippen molar-refractivity contribution in [3.8, 4) is 5.75 Å². The second kappa shape index (κ2) is 10.7. The third kappa shape index (κ3) is 4.78. The van der Waals surface area contributed by atoms with Crippen LogP contribution in [0.2, 0.25) is 0 Å². The number of ether oxygens (including phenoxy) is 3. The molecular weight excluding hydrogens is 541 g/mol. The van der Waals surface area contributed by atoms with Crippen LogP contribution in [0.4, 0.5) is 24.5 Å². The van der Waals surface area contributed by atoms with E-state index in [-0.39, 0.29) is 0 Å². The van der Waals surface area contributed by atoms with Gasteiger partial charge < -0.3 is 24.0 Å². The summed E-state index contributed by atoms with van der Waals surface area (Å²) >= 11 is 0. The molecule has 0 spiro atoms. The van der Waals surface area contributed by atoms with E-state index < -0.39 is 17.3 Å². The van der Waals surface area contributed by atoms with Crippen LogP contribution in [0.3, 0.4) is 0 Å². The van der Waals surface area contributed by atoms with Gasteiger partial charge in [0, 0.05) is 65.7 Å². The predicted octanol–water partition coefficient (Wildman–Crippen LogP) is 6.88. The maximum Gasteiger partial charge on any atom is 0.416 e. The fourth-order valence-electron chi connectivity index (χ4n) is 6.21. The average molecular weight is 573 g/mol. The lowest BCUT2D eigenvalue weighted by Crippen LogP contribution is -2.37. The number of rotatable bonds is 4. The van der Waals surface area contributed by atoms with E-state index in [1.54, 1.807) is 0 Å². The van der Waals surface area contributed by atoms with Crippen LogP contribution < -0.4 is 14.5 Å². The summed E-state index contributed by atoms with van der Waals surface area (Å²) in [5.41, 5.74) is 2.74. The molecule has 42 heavy (non-hydrogen) atoms. The lowest BCUT2D eigenvalue weighted by Gasteiger charge is -2.38. The summed E-state index contributed by atoms with van der Waals surface area (Å²) in [6.07, 6.45) is -0.395. The molecule has 4 aromatic carbocycles. The Hall–Kier alpha value is -4.01. The Kier molecular flexibility index (Phi) is 6.83. The maximum atomic E-state index is 13.5. The first-order valence-electron chi connectivity index (χ1n) is 14.3. The summed E-state index contributed by atoms with van der Waals surface area (Å²) in [6.45, 7) is 5.82. The van der Waals surface area contributed by atoms with Crippen molar-refractivity contribution in [1.82, 2.24) is 0 Å². The molecule has 0 aromatic heterocycles. The van der Waals surface area contributed by atoms with Gasteiger partial charge in [-0.2, -0.15) is 13.2 Å². The third-order valence-electron chi connectivity index (χ3n) is 8.45. The highest BCUT2D eigenvalue weighted by molar-refractivity contribution is 6.02. The van der Waals surface area contributed by atoms with Gasteiger partial charge in [0.1, 0.15) is 5.75 Å². The standard InChI is InChI=1S/C34H31F3N2O3/c35-34(36,37)26-7-5-24(6-8-26)33(25-9-11-27(12-10-25)38-15-19-40-20-16-38)14-13-30-28-3-1-2-4-29(28)31(23-32(30)42-33)39-17-21-41-22-18-39/h1-14,23H,15-22H2. The minimum absolute atomic E-state index is 0.623. The Balaban J connectivity index is 1.36. The SMILES string of the molecule is FC(F)(F)c1ccc(C2(c3ccc(N4CCOCC4)cc3)C=Cc3c(cc(N4CCOCC4)c4ccccc34)O2)cc1. The largest absolute Gasteiger partial charge is 0.473 e. The molecule has 0 amide bonds. The van der Waals surface area contributed by atoms with Crippen LogP contribution in [0.5, 0.6) is 5.75 Å². The van der Waals surface area contributed by atoms with Gasteiger partial charge >= 0.3 is 6.18 Å². The molecule has 7 rings (SSSR count). The second-order valence-electron chi connectivity index (χ2n) is 10.8. The molecule has 3 aliphatic rings. The van der Waals surface area contributed by atoms with Gasteiger partial charge in [0.05, 0.1) is 32.0 Å². The zero-order valence-electron chi connectivity index (χ0n) is 23.1. The summed E-state index contributed by atoms with van der Waals surface area (Å²) in [6, 6.07) is 23.8. The van der Waals surface area contributed by atoms with E-state index >= 15 is 0 Å². The topological polar surface area (TPSA) is 34.2 Å². The number of alkyl halides is 3. The fourth-order valence-corrected chi connectivity index (χ4v) is 6.21. The second-order valence-corrected chi connectivity index (χ2v) is 10.8. The predicted molar refractivity (Wildman–Crippen MR) is 158 cm³/mol. The number of benzene rings is 4. The van der Waals surface area contributed by atoms with Crippen molar-refractivity contribution < 1.29 is 27.4 Å². The first-order valence-corrected chi connectivity index (χ1v) is 14.3. The molecule has 2 fully saturated rings. The van der Waals surface area contributed by atoms with Crippen LogP contribution in [0.25, 0.3) is 16.8 Å². The monoisotopic (exact) mass is 572 g/mol. The van der Waals surface area contributed by atoms with Crippen LogP contribution in [0.1, 0.15) is 22.3 Å². The lowest BCUT2D eigenvalue weighted by atomic mass is 9.82. The Bertz CT molecular complexity index is 1610. The van der Waals surface area contributed by atoms with Crippen LogP contribution in [0.15, 0.2) is 84.9 Å². The van der Waals surface area contributed by atoms with Crippen molar-refractivity contribution in [3.05, 3.63) is 107 Å². The number of hydrogen-bond donors (Lipinski definition) is 0. The van der Waals surface area contributed by atoms with E-state index in [0.29, 0.717) is 37.7 Å². The summed E-state index contributed by atoms with van der Waals surface area (Å²) in [5, 5.41) is 2.19. The van der Waals surface area contributed by atoms with E-state index in [1.807, 2.05) is 30.3 Å². The molecule has 1 atom stereocenters. The number of morpholine rings is 2. The minimum atomic E-state index is -4.42. The molecule has 0 radical (unpaired) electrons. The van der Waals surface area contributed by atoms with Crippen LogP contribution >= 0.6 is 0 Å². The van der Waals surface area contributed by atoms with E-state index in [0.717, 1.165) is 71.6 Å². The molecule has 1 unspecified atom stereocenters. The number of anilines is 2. The number of halogens is 3. The van der Waals surface area contributed by atoms with E-state index in [1.165, 1.54) is 12.1 Å². The number of hydrogen-bond acceptors (Lipinski definition) is 5. The summed E-state index contributed by atoms with van der Waals surface area (Å²) < 4.78 is 58.6. The van der Waals surface area contributed by atoms with Gasteiger partial charge in [0.2, 0.25) is 0 Å². The maximum absolute atomic E-state index is 13.5. The summed E-state index contributed by atoms with van der Waals surface area (Å²) in [5.74, 6) is 0.690. The Morgan fingerprint density at radius 2 is 1.24 bits per heavy atom. The van der Waals surface area contributed by atoms with Gasteiger partial charge in [-0.05, 0) is 41.8 Å². The molecule has 216 valence electrons. The van der Waals surface area contributed by atoms with Gasteiger partial charge in [-0.1, -0.05) is 48.5 Å². The molecule has 3 heterocycles.